The van der Waals surface area contributed by atoms with Crippen LogP contribution in [0.3, 0.4) is 0 Å². The molecule has 0 radical (unpaired) electrons. The van der Waals surface area contributed by atoms with Crippen molar-refractivity contribution in [1.29, 1.82) is 0 Å². The lowest BCUT2D eigenvalue weighted by Crippen LogP contribution is -2.41. The molecule has 2 aliphatic heterocycles. The number of nitrogens with one attached hydrogen (secondary N) is 1. The van der Waals surface area contributed by atoms with E-state index in [0.29, 0.717) is 11.8 Å². The van der Waals surface area contributed by atoms with Crippen LogP contribution in [0.15, 0.2) is 36.4 Å². The first kappa shape index (κ1) is 17.0. The molecular formula is C20H23FN2O3. The van der Waals surface area contributed by atoms with Crippen LogP contribution in [0.5, 0.6) is 17.2 Å². The van der Waals surface area contributed by atoms with Crippen molar-refractivity contribution in [1.82, 2.24) is 4.90 Å². The predicted octanol–water partition coefficient (Wildman–Crippen LogP) is 3.64. The zero-order valence-corrected chi connectivity index (χ0v) is 14.8. The third-order valence-electron chi connectivity index (χ3n) is 4.87. The lowest BCUT2D eigenvalue weighted by Gasteiger charge is -2.33. The van der Waals surface area contributed by atoms with Crippen LogP contribution >= 0.6 is 0 Å². The van der Waals surface area contributed by atoms with Crippen LogP contribution in [0.1, 0.15) is 18.4 Å². The van der Waals surface area contributed by atoms with Gasteiger partial charge in [-0.15, -0.1) is 0 Å². The number of halogens is 1. The van der Waals surface area contributed by atoms with Gasteiger partial charge in [0.15, 0.2) is 23.1 Å². The lowest BCUT2D eigenvalue weighted by molar-refractivity contribution is 0.174. The summed E-state index contributed by atoms with van der Waals surface area (Å²) < 4.78 is 29.5. The van der Waals surface area contributed by atoms with Crippen molar-refractivity contribution >= 4 is 5.69 Å². The third-order valence-corrected chi connectivity index (χ3v) is 4.87. The molecule has 2 heterocycles. The van der Waals surface area contributed by atoms with Crippen LogP contribution in [0, 0.1) is 5.82 Å². The Kier molecular flexibility index (Phi) is 4.84. The van der Waals surface area contributed by atoms with Gasteiger partial charge in [-0.2, -0.15) is 0 Å². The summed E-state index contributed by atoms with van der Waals surface area (Å²) in [6.07, 6.45) is 2.25. The van der Waals surface area contributed by atoms with Gasteiger partial charge in [0.25, 0.3) is 0 Å². The zero-order chi connectivity index (χ0) is 17.9. The fourth-order valence-electron chi connectivity index (χ4n) is 3.60. The molecule has 2 aromatic rings. The Bertz CT molecular complexity index is 765. The molecule has 26 heavy (non-hydrogen) atoms. The second kappa shape index (κ2) is 7.41. The highest BCUT2D eigenvalue weighted by atomic mass is 19.1. The van der Waals surface area contributed by atoms with Crippen LogP contribution < -0.4 is 19.5 Å². The van der Waals surface area contributed by atoms with E-state index in [-0.39, 0.29) is 12.6 Å². The Balaban J connectivity index is 1.38. The summed E-state index contributed by atoms with van der Waals surface area (Å²) in [5.41, 5.74) is 2.11. The van der Waals surface area contributed by atoms with E-state index >= 15 is 0 Å². The molecule has 1 saturated heterocycles. The molecule has 4 rings (SSSR count). The maximum atomic E-state index is 13.6. The first-order valence-electron chi connectivity index (χ1n) is 8.92. The molecule has 1 unspecified atom stereocenters. The Morgan fingerprint density at radius 3 is 2.96 bits per heavy atom. The molecule has 0 saturated carbocycles. The number of hydrogen-bond donors (Lipinski definition) is 1. The number of piperidine rings is 1. The summed E-state index contributed by atoms with van der Waals surface area (Å²) in [4.78, 5) is 2.39. The van der Waals surface area contributed by atoms with Gasteiger partial charge in [0, 0.05) is 30.9 Å². The first-order chi connectivity index (χ1) is 12.7. The Morgan fingerprint density at radius 1 is 1.19 bits per heavy atom. The van der Waals surface area contributed by atoms with Crippen molar-refractivity contribution in [3.8, 4) is 17.2 Å². The van der Waals surface area contributed by atoms with Gasteiger partial charge in [-0.05, 0) is 49.2 Å². The van der Waals surface area contributed by atoms with Crippen LogP contribution in [0.25, 0.3) is 0 Å². The molecular weight excluding hydrogens is 335 g/mol. The van der Waals surface area contributed by atoms with Gasteiger partial charge >= 0.3 is 0 Å². The number of anilines is 1. The highest BCUT2D eigenvalue weighted by molar-refractivity contribution is 5.56. The fraction of sp³-hybridized carbons (Fsp3) is 0.400. The minimum atomic E-state index is -0.322. The fourth-order valence-corrected chi connectivity index (χ4v) is 3.60. The van der Waals surface area contributed by atoms with Crippen molar-refractivity contribution in [2.24, 2.45) is 0 Å². The number of fused-ring (bicyclic) bond motifs is 1. The van der Waals surface area contributed by atoms with Gasteiger partial charge in [0.2, 0.25) is 6.79 Å². The van der Waals surface area contributed by atoms with E-state index in [4.69, 9.17) is 14.2 Å². The highest BCUT2D eigenvalue weighted by Crippen LogP contribution is 2.34. The van der Waals surface area contributed by atoms with Crippen LogP contribution in [-0.2, 0) is 6.54 Å². The summed E-state index contributed by atoms with van der Waals surface area (Å²) in [5, 5.41) is 3.60. The number of methoxy groups -OCH3 is 1. The topological polar surface area (TPSA) is 43.0 Å². The monoisotopic (exact) mass is 358 g/mol. The van der Waals surface area contributed by atoms with E-state index in [2.05, 4.69) is 10.2 Å². The largest absolute Gasteiger partial charge is 0.494 e. The van der Waals surface area contributed by atoms with Gasteiger partial charge in [-0.1, -0.05) is 6.07 Å². The summed E-state index contributed by atoms with van der Waals surface area (Å²) in [5.74, 6) is 1.57. The maximum absolute atomic E-state index is 13.6. The minimum Gasteiger partial charge on any atom is -0.494 e. The zero-order valence-electron chi connectivity index (χ0n) is 14.8. The third kappa shape index (κ3) is 3.70. The second-order valence-electron chi connectivity index (χ2n) is 6.76. The van der Waals surface area contributed by atoms with E-state index in [9.17, 15) is 4.39 Å². The first-order valence-corrected chi connectivity index (χ1v) is 8.92. The number of likely N-dealkylation sites (tertiary alicyclic amines) is 1. The number of ether oxygens (including phenoxy) is 3. The summed E-state index contributed by atoms with van der Waals surface area (Å²) in [6, 6.07) is 11.4. The number of rotatable bonds is 5. The quantitative estimate of drug-likeness (QED) is 0.884. The molecule has 5 nitrogen and oxygen atoms in total. The van der Waals surface area contributed by atoms with Gasteiger partial charge in [-0.3, -0.25) is 4.90 Å². The van der Waals surface area contributed by atoms with Gasteiger partial charge in [0.05, 0.1) is 7.11 Å². The number of nitrogens with zero attached hydrogens (tertiary/aromatic N) is 1. The molecule has 1 N–H and O–H groups in total. The van der Waals surface area contributed by atoms with Crippen molar-refractivity contribution in [3.05, 3.63) is 47.8 Å². The van der Waals surface area contributed by atoms with E-state index in [0.717, 1.165) is 55.2 Å². The molecule has 138 valence electrons. The molecule has 0 spiro atoms. The normalized spacial score (nSPS) is 19.4. The average molecular weight is 358 g/mol. The molecule has 0 bridgehead atoms. The number of hydrogen-bond acceptors (Lipinski definition) is 5. The van der Waals surface area contributed by atoms with E-state index in [1.54, 1.807) is 6.07 Å². The van der Waals surface area contributed by atoms with Crippen LogP contribution in [-0.4, -0.2) is 37.9 Å². The molecule has 2 aromatic carbocycles. The maximum Gasteiger partial charge on any atom is 0.231 e. The van der Waals surface area contributed by atoms with Crippen molar-refractivity contribution < 1.29 is 18.6 Å². The SMILES string of the molecule is COc1cc(CN2CCCC(Nc3ccc4c(c3)OCO4)C2)ccc1F. The van der Waals surface area contributed by atoms with E-state index < -0.39 is 0 Å². The summed E-state index contributed by atoms with van der Waals surface area (Å²) >= 11 is 0. The van der Waals surface area contributed by atoms with Crippen molar-refractivity contribution in [2.75, 3.05) is 32.3 Å². The van der Waals surface area contributed by atoms with Crippen molar-refractivity contribution in [2.45, 2.75) is 25.4 Å². The molecule has 6 heteroatoms. The Morgan fingerprint density at radius 2 is 2.08 bits per heavy atom. The molecule has 0 aromatic heterocycles. The molecule has 0 aliphatic carbocycles. The van der Waals surface area contributed by atoms with Gasteiger partial charge in [0.1, 0.15) is 0 Å². The average Bonchev–Trinajstić information content (AvgIpc) is 3.11. The van der Waals surface area contributed by atoms with Gasteiger partial charge in [-0.25, -0.2) is 4.39 Å². The lowest BCUT2D eigenvalue weighted by atomic mass is 10.0. The standard InChI is InChI=1S/C20H23FN2O3/c1-24-19-9-14(4-6-17(19)21)11-23-8-2-3-16(12-23)22-15-5-7-18-20(10-15)26-13-25-18/h4-7,9-10,16,22H,2-3,8,11-13H2,1H3. The predicted molar refractivity (Wildman–Crippen MR) is 97.4 cm³/mol. The van der Waals surface area contributed by atoms with Gasteiger partial charge < -0.3 is 19.5 Å². The smallest absolute Gasteiger partial charge is 0.231 e. The molecule has 2 aliphatic rings. The molecule has 1 atom stereocenters. The number of benzene rings is 2. The van der Waals surface area contributed by atoms with E-state index in [1.807, 2.05) is 24.3 Å². The Hall–Kier alpha value is -2.47. The molecule has 0 amide bonds. The molecule has 1 fully saturated rings. The summed E-state index contributed by atoms with van der Waals surface area (Å²) in [6.45, 7) is 3.06. The Labute approximate surface area is 152 Å². The minimum absolute atomic E-state index is 0.289. The van der Waals surface area contributed by atoms with Crippen molar-refractivity contribution in [3.63, 3.8) is 0 Å². The van der Waals surface area contributed by atoms with E-state index in [1.165, 1.54) is 13.2 Å². The van der Waals surface area contributed by atoms with Crippen LogP contribution in [0.4, 0.5) is 10.1 Å². The van der Waals surface area contributed by atoms with Crippen LogP contribution in [0.2, 0.25) is 0 Å². The second-order valence-corrected chi connectivity index (χ2v) is 6.76. The summed E-state index contributed by atoms with van der Waals surface area (Å²) in [7, 11) is 1.49. The highest BCUT2D eigenvalue weighted by Gasteiger charge is 2.21.